The monoisotopic (exact) mass is 553 g/mol. The summed E-state index contributed by atoms with van der Waals surface area (Å²) in [7, 11) is 1.70. The predicted molar refractivity (Wildman–Crippen MR) is 164 cm³/mol. The van der Waals surface area contributed by atoms with Crippen LogP contribution in [0, 0.1) is 5.41 Å². The molecule has 1 saturated carbocycles. The van der Waals surface area contributed by atoms with Crippen LogP contribution in [-0.2, 0) is 4.79 Å². The Morgan fingerprint density at radius 1 is 0.927 bits per heavy atom. The molecule has 2 amide bonds. The molecule has 3 atom stereocenters. The quantitative estimate of drug-likeness (QED) is 0.269. The lowest BCUT2D eigenvalue weighted by molar-refractivity contribution is -0.134. The maximum Gasteiger partial charge on any atom is 0.251 e. The Morgan fingerprint density at radius 3 is 2.29 bits per heavy atom. The van der Waals surface area contributed by atoms with Crippen molar-refractivity contribution in [1.82, 2.24) is 15.5 Å². The number of likely N-dealkylation sites (tertiary alicyclic amines) is 1. The molecule has 0 spiro atoms. The van der Waals surface area contributed by atoms with Gasteiger partial charge in [-0.25, -0.2) is 0 Å². The second kappa shape index (κ2) is 13.3. The van der Waals surface area contributed by atoms with Crippen molar-refractivity contribution in [2.24, 2.45) is 5.41 Å². The molecule has 1 unspecified atom stereocenters. The van der Waals surface area contributed by atoms with Crippen LogP contribution in [-0.4, -0.2) is 56.0 Å². The molecule has 1 saturated heterocycles. The van der Waals surface area contributed by atoms with E-state index in [0.717, 1.165) is 68.6 Å². The van der Waals surface area contributed by atoms with Gasteiger partial charge in [0.05, 0.1) is 7.11 Å². The van der Waals surface area contributed by atoms with Crippen molar-refractivity contribution >= 4 is 11.8 Å². The van der Waals surface area contributed by atoms with E-state index in [1.807, 2.05) is 59.5 Å². The number of carbonyl (C=O) groups excluding carboxylic acids is 2. The van der Waals surface area contributed by atoms with Crippen molar-refractivity contribution in [2.45, 2.75) is 57.4 Å². The summed E-state index contributed by atoms with van der Waals surface area (Å²) in [4.78, 5) is 28.6. The number of amides is 2. The largest absolute Gasteiger partial charge is 0.497 e. The van der Waals surface area contributed by atoms with E-state index in [-0.39, 0.29) is 11.8 Å². The number of nitrogens with one attached hydrogen (secondary N) is 2. The van der Waals surface area contributed by atoms with E-state index in [1.54, 1.807) is 7.11 Å². The number of rotatable bonds is 12. The van der Waals surface area contributed by atoms with Gasteiger partial charge in [-0.3, -0.25) is 9.59 Å². The normalized spacial score (nSPS) is 20.7. The van der Waals surface area contributed by atoms with Crippen LogP contribution in [0.15, 0.2) is 78.9 Å². The maximum absolute atomic E-state index is 13.4. The number of hydrogen-bond donors (Lipinski definition) is 2. The minimum atomic E-state index is -0.585. The zero-order valence-electron chi connectivity index (χ0n) is 24.4. The summed E-state index contributed by atoms with van der Waals surface area (Å²) in [6, 6.07) is 25.6. The first-order valence-corrected chi connectivity index (χ1v) is 15.1. The molecule has 2 fully saturated rings. The Labute approximate surface area is 244 Å². The highest BCUT2D eigenvalue weighted by molar-refractivity contribution is 5.98. The highest BCUT2D eigenvalue weighted by atomic mass is 16.5. The van der Waals surface area contributed by atoms with Gasteiger partial charge in [0, 0.05) is 25.2 Å². The summed E-state index contributed by atoms with van der Waals surface area (Å²) < 4.78 is 5.30. The molecule has 216 valence electrons. The molecule has 0 radical (unpaired) electrons. The fourth-order valence-electron chi connectivity index (χ4n) is 6.12. The van der Waals surface area contributed by atoms with Crippen molar-refractivity contribution in [1.29, 1.82) is 0 Å². The van der Waals surface area contributed by atoms with Crippen molar-refractivity contribution < 1.29 is 14.3 Å². The van der Waals surface area contributed by atoms with Gasteiger partial charge in [-0.2, -0.15) is 0 Å². The third-order valence-corrected chi connectivity index (χ3v) is 8.85. The van der Waals surface area contributed by atoms with Gasteiger partial charge in [-0.05, 0) is 97.4 Å². The lowest BCUT2D eigenvalue weighted by Crippen LogP contribution is -2.54. The van der Waals surface area contributed by atoms with E-state index in [2.05, 4.69) is 41.8 Å². The number of benzene rings is 3. The summed E-state index contributed by atoms with van der Waals surface area (Å²) in [5.74, 6) is 1.29. The van der Waals surface area contributed by atoms with Gasteiger partial charge >= 0.3 is 0 Å². The van der Waals surface area contributed by atoms with Crippen molar-refractivity contribution in [3.63, 3.8) is 0 Å². The Hall–Kier alpha value is -3.64. The molecule has 0 aromatic heterocycles. The van der Waals surface area contributed by atoms with Gasteiger partial charge in [0.15, 0.2) is 0 Å². The molecule has 0 bridgehead atoms. The van der Waals surface area contributed by atoms with Crippen LogP contribution in [0.3, 0.4) is 0 Å². The Kier molecular flexibility index (Phi) is 9.40. The lowest BCUT2D eigenvalue weighted by atomic mass is 9.96. The minimum Gasteiger partial charge on any atom is -0.497 e. The Morgan fingerprint density at radius 2 is 1.61 bits per heavy atom. The van der Waals surface area contributed by atoms with Crippen LogP contribution in [0.25, 0.3) is 11.1 Å². The van der Waals surface area contributed by atoms with Gasteiger partial charge in [0.2, 0.25) is 5.91 Å². The smallest absolute Gasteiger partial charge is 0.251 e. The van der Waals surface area contributed by atoms with Crippen LogP contribution in [0.5, 0.6) is 5.75 Å². The molecule has 3 aromatic rings. The van der Waals surface area contributed by atoms with Gasteiger partial charge in [0.1, 0.15) is 11.8 Å². The summed E-state index contributed by atoms with van der Waals surface area (Å²) in [6.07, 6.45) is 6.56. The maximum atomic E-state index is 13.4. The van der Waals surface area contributed by atoms with Gasteiger partial charge in [0.25, 0.3) is 5.91 Å². The van der Waals surface area contributed by atoms with Crippen LogP contribution in [0.1, 0.15) is 67.3 Å². The van der Waals surface area contributed by atoms with Crippen molar-refractivity contribution in [2.75, 3.05) is 33.3 Å². The molecule has 1 aliphatic heterocycles. The molecule has 2 aliphatic rings. The topological polar surface area (TPSA) is 70.7 Å². The number of methoxy groups -OCH3 is 1. The molecule has 1 aliphatic carbocycles. The van der Waals surface area contributed by atoms with E-state index >= 15 is 0 Å². The fourth-order valence-corrected chi connectivity index (χ4v) is 6.12. The lowest BCUT2D eigenvalue weighted by Gasteiger charge is -2.31. The predicted octanol–water partition coefficient (Wildman–Crippen LogP) is 6.04. The first-order chi connectivity index (χ1) is 20.0. The summed E-state index contributed by atoms with van der Waals surface area (Å²) in [5.41, 5.74) is 4.43. The van der Waals surface area contributed by atoms with Crippen LogP contribution >= 0.6 is 0 Å². The summed E-state index contributed by atoms with van der Waals surface area (Å²) >= 11 is 0. The van der Waals surface area contributed by atoms with Gasteiger partial charge in [-0.15, -0.1) is 0 Å². The second-order valence-electron chi connectivity index (χ2n) is 11.8. The van der Waals surface area contributed by atoms with Gasteiger partial charge in [-0.1, -0.05) is 61.5 Å². The number of piperidine rings is 1. The molecular weight excluding hydrogens is 510 g/mol. The molecular formula is C35H43N3O3. The first-order valence-electron chi connectivity index (χ1n) is 15.1. The highest BCUT2D eigenvalue weighted by Crippen LogP contribution is 2.61. The average molecular weight is 554 g/mol. The van der Waals surface area contributed by atoms with E-state index in [1.165, 1.54) is 12.0 Å². The second-order valence-corrected chi connectivity index (χ2v) is 11.8. The SMILES string of the molecule is COc1ccc([C@@H]2CC2(C)CCCNC[C@H](NC(=O)c2ccc(-c3ccccc3)cc2)C(=O)N2CCCCC2)cc1. The van der Waals surface area contributed by atoms with E-state index < -0.39 is 6.04 Å². The zero-order chi connectivity index (χ0) is 28.7. The van der Waals surface area contributed by atoms with E-state index in [0.29, 0.717) is 23.4 Å². The van der Waals surface area contributed by atoms with Crippen LogP contribution < -0.4 is 15.4 Å². The Bertz CT molecular complexity index is 1290. The molecule has 2 N–H and O–H groups in total. The average Bonchev–Trinajstić information content (AvgIpc) is 3.71. The molecule has 6 heteroatoms. The third-order valence-electron chi connectivity index (χ3n) is 8.85. The summed E-state index contributed by atoms with van der Waals surface area (Å²) in [5, 5.41) is 6.53. The number of ether oxygens (including phenoxy) is 1. The number of nitrogens with zero attached hydrogens (tertiary/aromatic N) is 1. The zero-order valence-corrected chi connectivity index (χ0v) is 24.4. The molecule has 1 heterocycles. The number of hydrogen-bond acceptors (Lipinski definition) is 4. The molecule has 6 nitrogen and oxygen atoms in total. The molecule has 3 aromatic carbocycles. The molecule has 5 rings (SSSR count). The third kappa shape index (κ3) is 7.36. The van der Waals surface area contributed by atoms with E-state index in [9.17, 15) is 9.59 Å². The van der Waals surface area contributed by atoms with E-state index in [4.69, 9.17) is 4.74 Å². The standard InChI is InChI=1S/C35H43N3O3/c1-35(24-31(35)28-16-18-30(41-2)19-17-28)20-9-21-36-25-32(34(40)38-22-7-4-8-23-38)37-33(39)29-14-12-27(13-15-29)26-10-5-3-6-11-26/h3,5-6,10-19,31-32,36H,4,7-9,20-25H2,1-2H3,(H,37,39)/t31-,32-,35?/m0/s1. The highest BCUT2D eigenvalue weighted by Gasteiger charge is 2.49. The Balaban J connectivity index is 1.14. The van der Waals surface area contributed by atoms with Crippen LogP contribution in [0.2, 0.25) is 0 Å². The minimum absolute atomic E-state index is 0.0141. The number of carbonyl (C=O) groups is 2. The van der Waals surface area contributed by atoms with Crippen molar-refractivity contribution in [3.05, 3.63) is 90.0 Å². The van der Waals surface area contributed by atoms with Crippen molar-refractivity contribution in [3.8, 4) is 16.9 Å². The summed E-state index contributed by atoms with van der Waals surface area (Å²) in [6.45, 7) is 5.15. The fraction of sp³-hybridized carbons (Fsp3) is 0.429. The van der Waals surface area contributed by atoms with Gasteiger partial charge < -0.3 is 20.3 Å². The first kappa shape index (κ1) is 28.9. The molecule has 41 heavy (non-hydrogen) atoms. The van der Waals surface area contributed by atoms with Crippen LogP contribution in [0.4, 0.5) is 0 Å².